The van der Waals surface area contributed by atoms with E-state index in [1.807, 2.05) is 42.5 Å². The number of aromatic nitrogens is 10. The van der Waals surface area contributed by atoms with Gasteiger partial charge in [0.1, 0.15) is 61.5 Å². The number of nitrogens with one attached hydrogen (secondary N) is 1. The van der Waals surface area contributed by atoms with Gasteiger partial charge >= 0.3 is 59.1 Å². The van der Waals surface area contributed by atoms with E-state index in [1.54, 1.807) is 99.7 Å². The number of hydrogen-bond donors (Lipinski definition) is 6. The van der Waals surface area contributed by atoms with Crippen LogP contribution in [-0.4, -0.2) is 203 Å². The van der Waals surface area contributed by atoms with E-state index in [0.717, 1.165) is 32.3 Å². The van der Waals surface area contributed by atoms with Gasteiger partial charge < -0.3 is 84.7 Å². The van der Waals surface area contributed by atoms with E-state index in [-0.39, 0.29) is 139 Å². The fourth-order valence-corrected chi connectivity index (χ4v) is 13.9. The second-order valence-corrected chi connectivity index (χ2v) is 43.2. The van der Waals surface area contributed by atoms with Crippen molar-refractivity contribution in [3.8, 4) is 41.0 Å². The van der Waals surface area contributed by atoms with Crippen LogP contribution in [0.15, 0.2) is 157 Å². The van der Waals surface area contributed by atoms with Crippen LogP contribution in [0.4, 0.5) is 72.2 Å². The Balaban J connectivity index is 0.000000452. The summed E-state index contributed by atoms with van der Waals surface area (Å²) in [6, 6.07) is 28.4. The summed E-state index contributed by atoms with van der Waals surface area (Å²) in [5, 5.41) is 42.1. The number of amides is 3. The van der Waals surface area contributed by atoms with Crippen molar-refractivity contribution in [3.05, 3.63) is 210 Å². The molecule has 2 aliphatic heterocycles. The van der Waals surface area contributed by atoms with E-state index in [0.29, 0.717) is 64.9 Å². The number of H-pyrrole nitrogens is 1. The molecule has 9 aromatic rings. The van der Waals surface area contributed by atoms with E-state index in [2.05, 4.69) is 151 Å². The minimum Gasteiger partial charge on any atom is -0.543 e. The van der Waals surface area contributed by atoms with Gasteiger partial charge in [0.25, 0.3) is 5.16 Å². The normalized spacial score (nSPS) is 12.6. The van der Waals surface area contributed by atoms with Gasteiger partial charge in [-0.2, -0.15) is 39.9 Å². The average molecular weight is 1960 g/mol. The molecule has 10 N–H and O–H groups in total. The fraction of sp³-hybridized carbons (Fsp3) is 0.422. The molecule has 2 aliphatic rings. The van der Waals surface area contributed by atoms with Crippen molar-refractivity contribution in [2.45, 2.75) is 173 Å². The molecule has 44 nitrogen and oxygen atoms in total. The van der Waals surface area contributed by atoms with Crippen LogP contribution in [0.25, 0.3) is 11.2 Å². The summed E-state index contributed by atoms with van der Waals surface area (Å²) in [5.74, 6) is -0.0825. The van der Waals surface area contributed by atoms with Crippen molar-refractivity contribution in [3.63, 3.8) is 0 Å². The fourth-order valence-electron chi connectivity index (χ4n) is 11.3. The van der Waals surface area contributed by atoms with Gasteiger partial charge in [-0.25, -0.2) is 27.6 Å². The zero-order valence-electron chi connectivity index (χ0n) is 78.2. The van der Waals surface area contributed by atoms with Gasteiger partial charge in [0.2, 0.25) is 61.4 Å². The van der Waals surface area contributed by atoms with Crippen LogP contribution in [0.3, 0.4) is 0 Å². The van der Waals surface area contributed by atoms with Crippen LogP contribution in [-0.2, 0) is 50.2 Å². The van der Waals surface area contributed by atoms with Crippen LogP contribution < -0.4 is 75.9 Å². The number of aromatic amines is 1. The number of benzene rings is 4. The van der Waals surface area contributed by atoms with Crippen molar-refractivity contribution in [1.82, 2.24) is 54.3 Å². The zero-order chi connectivity index (χ0) is 99.6. The number of anilines is 7. The molecule has 137 heavy (non-hydrogen) atoms. The standard InChI is InChI=1S/C23H33N5O6Si.C21H31N5O7SSi.C18H19N5O6.C16H15N5O3.C6H15N.C3H6O.3CH4/c1-8-13-33-21-25-19(24)18(28(30)31)20(26-21)27(22(29)32-9-2)15-16-11-10-12-17(14-16)34-35(6,7)23(3,4)5;1-8-32-20(27)25(18-16(26(28)29)17(22)23-19(24-18)34(5,30)31)13-14-10-9-11-15(12-14)33-35(6,7)21(2,3)4;1-2-27-18(24)22-11-12-6-5-7-13(10-12)28-8-3-4-9-29-17-20-15(19)14(23(25)26)16(22)21-17;17-13-12-14-20-15(19-13)24-7-2-1-6-23-11-5-3-4-10(8-11)9-21(14)16(22)18-12;1-4-7(5-2)6-3;1-2-3-4;;;/h8,10-12,14H,1,9,13,15H2,2-7H3,(H2,24,25,26);9-12H,8,13H2,1-7H3,(H2,22,23,24);3-7,10H,2,8-9,11H2,1H3,(H2,19,20,21);1-5,8H,6-7,9H2,(H,18,22)(H2,17,19,20);4-6H2,1-3H3;2,4H,1,3H2;3*1H4/b;;4-3-;2-1+;;;;;. The quantitative estimate of drug-likeness (QED) is 0.00817. The molecule has 47 heteroatoms. The summed E-state index contributed by atoms with van der Waals surface area (Å²) >= 11 is 0. The van der Waals surface area contributed by atoms with Crippen molar-refractivity contribution in [1.29, 1.82) is 0 Å². The first-order valence-electron chi connectivity index (χ1n) is 42.2. The summed E-state index contributed by atoms with van der Waals surface area (Å²) in [6.45, 7) is 44.1. The van der Waals surface area contributed by atoms with Crippen molar-refractivity contribution >= 4 is 114 Å². The van der Waals surface area contributed by atoms with E-state index in [1.165, 1.54) is 36.4 Å². The number of aliphatic hydroxyl groups is 1. The summed E-state index contributed by atoms with van der Waals surface area (Å²) in [7, 11) is -8.27. The Morgan fingerprint density at radius 2 is 0.978 bits per heavy atom. The Labute approximate surface area is 800 Å². The molecule has 3 amide bonds. The Hall–Kier alpha value is -14.5. The maximum absolute atomic E-state index is 12.9. The molecule has 8 bridgehead atoms. The molecule has 0 atom stereocenters. The highest BCUT2D eigenvalue weighted by atomic mass is 32.2. The number of nitrogen functional groups attached to an aromatic ring is 4. The van der Waals surface area contributed by atoms with E-state index in [9.17, 15) is 57.9 Å². The molecule has 7 heterocycles. The molecule has 11 rings (SSSR count). The number of hydrogen-bond acceptors (Lipinski definition) is 36. The van der Waals surface area contributed by atoms with Gasteiger partial charge in [0.05, 0.1) is 67.4 Å². The number of nitro groups is 3. The molecule has 0 unspecified atom stereocenters. The van der Waals surface area contributed by atoms with Crippen molar-refractivity contribution in [2.24, 2.45) is 0 Å². The first-order valence-corrected chi connectivity index (χ1v) is 49.9. The number of nitrogens with two attached hydrogens (primary N) is 4. The molecule has 4 aromatic carbocycles. The molecule has 748 valence electrons. The van der Waals surface area contributed by atoms with Gasteiger partial charge in [-0.15, -0.1) is 6.58 Å². The minimum absolute atomic E-state index is 0. The van der Waals surface area contributed by atoms with Crippen molar-refractivity contribution in [2.75, 3.05) is 123 Å². The number of rotatable bonds is 24. The first-order chi connectivity index (χ1) is 63.2. The molecular weight excluding hydrogens is 1830 g/mol. The monoisotopic (exact) mass is 1960 g/mol. The lowest BCUT2D eigenvalue weighted by Crippen LogP contribution is -2.43. The second kappa shape index (κ2) is 54.2. The Bertz CT molecular complexity index is 5810. The number of carbonyl (C=O) groups is 3. The topological polar surface area (TPSA) is 585 Å². The summed E-state index contributed by atoms with van der Waals surface area (Å²) < 4.78 is 81.1. The number of aliphatic hydroxyl groups excluding tert-OH is 1. The highest BCUT2D eigenvalue weighted by Gasteiger charge is 2.42. The molecule has 0 saturated carbocycles. The molecular formula is C90H131N21O23SSi2. The number of carbonyl (C=O) groups excluding carboxylic acids is 3. The Kier molecular flexibility index (Phi) is 46.2. The predicted octanol–water partition coefficient (Wildman–Crippen LogP) is 16.0. The highest BCUT2D eigenvalue weighted by Crippen LogP contribution is 2.42. The molecule has 0 aliphatic carbocycles. The smallest absolute Gasteiger partial charge is 0.415 e. The maximum Gasteiger partial charge on any atom is 0.415 e. The number of sulfone groups is 1. The number of ether oxygens (including phenoxy) is 8. The lowest BCUT2D eigenvalue weighted by Gasteiger charge is -2.36. The number of nitrogens with zero attached hydrogens (tertiary/aromatic N) is 16. The highest BCUT2D eigenvalue weighted by molar-refractivity contribution is 7.90. The van der Waals surface area contributed by atoms with Gasteiger partial charge in [0.15, 0.2) is 11.5 Å². The summed E-state index contributed by atoms with van der Waals surface area (Å²) in [4.78, 5) is 123. The van der Waals surface area contributed by atoms with Gasteiger partial charge in [-0.05, 0) is 172 Å². The third-order valence-corrected chi connectivity index (χ3v) is 29.7. The van der Waals surface area contributed by atoms with E-state index in [4.69, 9.17) is 74.8 Å². The Morgan fingerprint density at radius 3 is 1.39 bits per heavy atom. The summed E-state index contributed by atoms with van der Waals surface area (Å²) in [5.41, 5.74) is 24.5. The van der Waals surface area contributed by atoms with Crippen LogP contribution in [0.1, 0.15) is 128 Å². The van der Waals surface area contributed by atoms with E-state index < -0.39 is 105 Å². The van der Waals surface area contributed by atoms with Gasteiger partial charge in [-0.3, -0.25) is 49.6 Å². The van der Waals surface area contributed by atoms with Gasteiger partial charge in [-0.1, -0.05) is 152 Å². The summed E-state index contributed by atoms with van der Waals surface area (Å²) in [6.07, 6.45) is 8.18. The minimum atomic E-state index is -3.99. The maximum atomic E-state index is 12.9. The van der Waals surface area contributed by atoms with Crippen molar-refractivity contribution < 1.29 is 89.4 Å². The average Bonchev–Trinajstić information content (AvgIpc) is 0.964. The number of fused-ring (bicyclic) bond motifs is 7. The Morgan fingerprint density at radius 1 is 0.562 bits per heavy atom. The SMILES string of the molecule is C.C.C.C=CCO.C=CCOc1nc(N)c([N+](=O)[O-])c(N(Cc2cccc(O[Si](C)(C)C(C)(C)C)c2)C(=O)OCC)n1.CCN(CC)CC.CCOC(=O)N(Cc1cccc(O[Si](C)(C)C(C)(C)C)c1)c1nc(S(C)(=O)=O)nc(N)c1[N+](=O)[O-].CCOC(=O)N1Cc2cccc(c2)OC/C=C\COc2nc(N)c([N+](=O)[O-])c1n2.Nc1nc2nc3c1[nH]c(=O)n3Cc1cccc(c1)OC/C=C/CO2. The van der Waals surface area contributed by atoms with Crippen LogP contribution >= 0.6 is 0 Å². The van der Waals surface area contributed by atoms with Gasteiger partial charge in [0, 0.05) is 6.26 Å². The second-order valence-electron chi connectivity index (χ2n) is 31.9. The van der Waals surface area contributed by atoms with Crippen LogP contribution in [0, 0.1) is 30.3 Å². The lowest BCUT2D eigenvalue weighted by molar-refractivity contribution is -0.383. The molecule has 0 saturated heterocycles. The third-order valence-electron chi connectivity index (χ3n) is 20.1. The zero-order valence-corrected chi connectivity index (χ0v) is 81.0. The lowest BCUT2D eigenvalue weighted by atomic mass is 10.2. The van der Waals surface area contributed by atoms with E-state index >= 15 is 0 Å². The molecule has 0 fully saturated rings. The van der Waals surface area contributed by atoms with Crippen LogP contribution in [0.2, 0.25) is 36.3 Å². The predicted molar refractivity (Wildman–Crippen MR) is 532 cm³/mol. The molecule has 5 aromatic heterocycles. The third kappa shape index (κ3) is 34.1. The molecule has 0 radical (unpaired) electrons. The largest absolute Gasteiger partial charge is 0.543 e. The van der Waals surface area contributed by atoms with Crippen LogP contribution in [0.5, 0.6) is 41.0 Å². The first kappa shape index (κ1) is 117. The molecule has 0 spiro atoms. The number of imidazole rings is 1.